The van der Waals surface area contributed by atoms with Gasteiger partial charge >= 0.3 is 0 Å². The van der Waals surface area contributed by atoms with Crippen molar-refractivity contribution in [3.05, 3.63) is 57.2 Å². The first kappa shape index (κ1) is 13.2. The lowest BCUT2D eigenvalue weighted by atomic mass is 10.2. The fraction of sp³-hybridized carbons (Fsp3) is 0.133. The van der Waals surface area contributed by atoms with Crippen LogP contribution in [0.5, 0.6) is 11.5 Å². The first-order valence-electron chi connectivity index (χ1n) is 6.15. The molecule has 1 amide bonds. The van der Waals surface area contributed by atoms with Crippen LogP contribution in [0.3, 0.4) is 0 Å². The average molecular weight is 381 g/mol. The summed E-state index contributed by atoms with van der Waals surface area (Å²) in [5, 5.41) is 2.91. The number of ether oxygens (including phenoxy) is 2. The highest BCUT2D eigenvalue weighted by atomic mass is 127. The molecule has 0 unspecified atom stereocenters. The van der Waals surface area contributed by atoms with Gasteiger partial charge in [-0.3, -0.25) is 4.79 Å². The molecule has 1 aliphatic heterocycles. The lowest BCUT2D eigenvalue weighted by Crippen LogP contribution is -2.23. The molecular weight excluding hydrogens is 369 g/mol. The molecule has 0 bridgehead atoms. The van der Waals surface area contributed by atoms with Crippen LogP contribution in [0.25, 0.3) is 0 Å². The number of carbonyl (C=O) groups is 1. The van der Waals surface area contributed by atoms with Gasteiger partial charge in [-0.2, -0.15) is 0 Å². The molecule has 0 aliphatic carbocycles. The van der Waals surface area contributed by atoms with E-state index >= 15 is 0 Å². The minimum atomic E-state index is -0.0762. The third kappa shape index (κ3) is 2.72. The van der Waals surface area contributed by atoms with Crippen LogP contribution in [-0.2, 0) is 6.54 Å². The van der Waals surface area contributed by atoms with Gasteiger partial charge in [-0.05, 0) is 52.4 Å². The van der Waals surface area contributed by atoms with E-state index in [-0.39, 0.29) is 12.7 Å². The second-order valence-corrected chi connectivity index (χ2v) is 5.51. The van der Waals surface area contributed by atoms with E-state index in [4.69, 9.17) is 9.47 Å². The van der Waals surface area contributed by atoms with E-state index in [0.29, 0.717) is 12.1 Å². The molecule has 102 valence electrons. The summed E-state index contributed by atoms with van der Waals surface area (Å²) >= 11 is 2.16. The van der Waals surface area contributed by atoms with Gasteiger partial charge < -0.3 is 14.8 Å². The molecule has 1 aliphatic rings. The Balaban J connectivity index is 1.68. The van der Waals surface area contributed by atoms with Crippen molar-refractivity contribution in [3.8, 4) is 11.5 Å². The number of amides is 1. The highest BCUT2D eigenvalue weighted by Crippen LogP contribution is 2.32. The SMILES string of the molecule is O=C(NCc1ccc2c(c1)OCO2)c1ccccc1I. The second-order valence-electron chi connectivity index (χ2n) is 4.35. The van der Waals surface area contributed by atoms with Crippen LogP contribution >= 0.6 is 22.6 Å². The highest BCUT2D eigenvalue weighted by molar-refractivity contribution is 14.1. The van der Waals surface area contributed by atoms with Crippen molar-refractivity contribution in [2.45, 2.75) is 6.54 Å². The van der Waals surface area contributed by atoms with Crippen LogP contribution in [0.2, 0.25) is 0 Å². The largest absolute Gasteiger partial charge is 0.454 e. The Morgan fingerprint density at radius 3 is 2.80 bits per heavy atom. The standard InChI is InChI=1S/C15H12INO3/c16-12-4-2-1-3-11(12)15(18)17-8-10-5-6-13-14(7-10)20-9-19-13/h1-7H,8-9H2,(H,17,18). The molecule has 0 spiro atoms. The predicted octanol–water partition coefficient (Wildman–Crippen LogP) is 2.95. The van der Waals surface area contributed by atoms with Gasteiger partial charge in [0.2, 0.25) is 6.79 Å². The first-order chi connectivity index (χ1) is 9.74. The Bertz CT molecular complexity index is 657. The minimum absolute atomic E-state index is 0.0762. The fourth-order valence-corrected chi connectivity index (χ4v) is 2.61. The summed E-state index contributed by atoms with van der Waals surface area (Å²) in [7, 11) is 0. The number of benzene rings is 2. The van der Waals surface area contributed by atoms with E-state index in [1.807, 2.05) is 42.5 Å². The van der Waals surface area contributed by atoms with Gasteiger partial charge in [0.15, 0.2) is 11.5 Å². The third-order valence-electron chi connectivity index (χ3n) is 3.01. The molecule has 0 atom stereocenters. The molecule has 1 heterocycles. The molecule has 0 radical (unpaired) electrons. The van der Waals surface area contributed by atoms with E-state index < -0.39 is 0 Å². The first-order valence-corrected chi connectivity index (χ1v) is 7.23. The highest BCUT2D eigenvalue weighted by Gasteiger charge is 2.14. The van der Waals surface area contributed by atoms with Crippen LogP contribution in [-0.4, -0.2) is 12.7 Å². The maximum absolute atomic E-state index is 12.1. The number of carbonyl (C=O) groups excluding carboxylic acids is 1. The zero-order valence-corrected chi connectivity index (χ0v) is 12.7. The summed E-state index contributed by atoms with van der Waals surface area (Å²) in [5.74, 6) is 1.40. The molecule has 2 aromatic carbocycles. The molecule has 0 saturated heterocycles. The van der Waals surface area contributed by atoms with Crippen molar-refractivity contribution in [2.75, 3.05) is 6.79 Å². The average Bonchev–Trinajstić information content (AvgIpc) is 2.92. The zero-order valence-electron chi connectivity index (χ0n) is 10.6. The fourth-order valence-electron chi connectivity index (χ4n) is 1.97. The molecule has 0 aromatic heterocycles. The van der Waals surface area contributed by atoms with E-state index in [1.165, 1.54) is 0 Å². The quantitative estimate of drug-likeness (QED) is 0.832. The second kappa shape index (κ2) is 5.70. The molecule has 1 N–H and O–H groups in total. The maximum atomic E-state index is 12.1. The van der Waals surface area contributed by atoms with Crippen molar-refractivity contribution in [1.82, 2.24) is 5.32 Å². The number of hydrogen-bond donors (Lipinski definition) is 1. The van der Waals surface area contributed by atoms with Crippen molar-refractivity contribution in [1.29, 1.82) is 0 Å². The van der Waals surface area contributed by atoms with Gasteiger partial charge in [-0.15, -0.1) is 0 Å². The topological polar surface area (TPSA) is 47.6 Å². The van der Waals surface area contributed by atoms with Crippen molar-refractivity contribution in [3.63, 3.8) is 0 Å². The summed E-state index contributed by atoms with van der Waals surface area (Å²) < 4.78 is 11.5. The molecule has 20 heavy (non-hydrogen) atoms. The van der Waals surface area contributed by atoms with Crippen LogP contribution in [0.4, 0.5) is 0 Å². The Morgan fingerprint density at radius 2 is 1.95 bits per heavy atom. The smallest absolute Gasteiger partial charge is 0.252 e. The Labute approximate surface area is 130 Å². The van der Waals surface area contributed by atoms with Gasteiger partial charge in [-0.25, -0.2) is 0 Å². The Morgan fingerprint density at radius 1 is 1.15 bits per heavy atom. The number of rotatable bonds is 3. The van der Waals surface area contributed by atoms with E-state index in [9.17, 15) is 4.79 Å². The Hall–Kier alpha value is -1.76. The third-order valence-corrected chi connectivity index (χ3v) is 3.95. The molecule has 0 saturated carbocycles. The van der Waals surface area contributed by atoms with Crippen molar-refractivity contribution in [2.24, 2.45) is 0 Å². The van der Waals surface area contributed by atoms with Gasteiger partial charge in [-0.1, -0.05) is 18.2 Å². The summed E-state index contributed by atoms with van der Waals surface area (Å²) in [4.78, 5) is 12.1. The van der Waals surface area contributed by atoms with Crippen LogP contribution < -0.4 is 14.8 Å². The number of nitrogens with one attached hydrogen (secondary N) is 1. The molecule has 4 nitrogen and oxygen atoms in total. The molecule has 2 aromatic rings. The summed E-state index contributed by atoms with van der Waals surface area (Å²) in [6.07, 6.45) is 0. The lowest BCUT2D eigenvalue weighted by Gasteiger charge is -2.07. The van der Waals surface area contributed by atoms with Crippen molar-refractivity contribution >= 4 is 28.5 Å². The Kier molecular flexibility index (Phi) is 3.77. The molecular formula is C15H12INO3. The number of hydrogen-bond acceptors (Lipinski definition) is 3. The van der Waals surface area contributed by atoms with Crippen LogP contribution in [0.15, 0.2) is 42.5 Å². The summed E-state index contributed by atoms with van der Waals surface area (Å²) in [6.45, 7) is 0.716. The van der Waals surface area contributed by atoms with Gasteiger partial charge in [0.05, 0.1) is 5.56 Å². The van der Waals surface area contributed by atoms with Gasteiger partial charge in [0.1, 0.15) is 0 Å². The molecule has 0 fully saturated rings. The van der Waals surface area contributed by atoms with Gasteiger partial charge in [0, 0.05) is 10.1 Å². The number of fused-ring (bicyclic) bond motifs is 1. The van der Waals surface area contributed by atoms with Crippen LogP contribution in [0.1, 0.15) is 15.9 Å². The van der Waals surface area contributed by atoms with E-state index in [1.54, 1.807) is 0 Å². The maximum Gasteiger partial charge on any atom is 0.252 e. The normalized spacial score (nSPS) is 12.2. The van der Waals surface area contributed by atoms with Crippen LogP contribution in [0, 0.1) is 3.57 Å². The van der Waals surface area contributed by atoms with E-state index in [2.05, 4.69) is 27.9 Å². The van der Waals surface area contributed by atoms with Gasteiger partial charge in [0.25, 0.3) is 5.91 Å². The molecule has 5 heteroatoms. The summed E-state index contributed by atoms with van der Waals surface area (Å²) in [6, 6.07) is 13.2. The van der Waals surface area contributed by atoms with Crippen molar-refractivity contribution < 1.29 is 14.3 Å². The number of halogens is 1. The predicted molar refractivity (Wildman–Crippen MR) is 82.9 cm³/mol. The monoisotopic (exact) mass is 381 g/mol. The van der Waals surface area contributed by atoms with E-state index in [0.717, 1.165) is 20.6 Å². The lowest BCUT2D eigenvalue weighted by molar-refractivity contribution is 0.0950. The summed E-state index contributed by atoms with van der Waals surface area (Å²) in [5.41, 5.74) is 1.67. The minimum Gasteiger partial charge on any atom is -0.454 e. The molecule has 3 rings (SSSR count). The zero-order chi connectivity index (χ0) is 13.9.